The quantitative estimate of drug-likeness (QED) is 0.0862. The number of nitrogens with zero attached hydrogens (tertiary/aromatic N) is 2. The zero-order chi connectivity index (χ0) is 26.5. The van der Waals surface area contributed by atoms with E-state index < -0.39 is 10.8 Å². The highest BCUT2D eigenvalue weighted by molar-refractivity contribution is 14.1. The van der Waals surface area contributed by atoms with Crippen LogP contribution in [0.2, 0.25) is 10.0 Å². The minimum absolute atomic E-state index is 0.0284. The maximum atomic E-state index is 12.6. The van der Waals surface area contributed by atoms with Gasteiger partial charge in [0.25, 0.3) is 11.6 Å². The summed E-state index contributed by atoms with van der Waals surface area (Å²) in [6.07, 6.45) is 1.50. The molecule has 1 aromatic heterocycles. The molecule has 190 valence electrons. The normalized spacial score (nSPS) is 11.1. The van der Waals surface area contributed by atoms with Crippen LogP contribution >= 0.6 is 57.1 Å². The van der Waals surface area contributed by atoms with Gasteiger partial charge in [-0.3, -0.25) is 14.9 Å². The van der Waals surface area contributed by atoms with Crippen molar-refractivity contribution in [3.8, 4) is 11.5 Å². The van der Waals surface area contributed by atoms with Gasteiger partial charge in [-0.05, 0) is 77.0 Å². The van der Waals surface area contributed by atoms with Crippen molar-refractivity contribution in [1.29, 1.82) is 0 Å². The van der Waals surface area contributed by atoms with Gasteiger partial charge in [-0.25, -0.2) is 5.43 Å². The summed E-state index contributed by atoms with van der Waals surface area (Å²) in [6, 6.07) is 15.0. The van der Waals surface area contributed by atoms with Crippen LogP contribution in [0.5, 0.6) is 11.5 Å². The molecule has 37 heavy (non-hydrogen) atoms. The summed E-state index contributed by atoms with van der Waals surface area (Å²) in [5.74, 6) is 0.698. The minimum Gasteiger partial charge on any atom is -0.490 e. The molecule has 12 heteroatoms. The van der Waals surface area contributed by atoms with E-state index in [1.54, 1.807) is 30.3 Å². The predicted molar refractivity (Wildman–Crippen MR) is 155 cm³/mol. The maximum absolute atomic E-state index is 12.6. The van der Waals surface area contributed by atoms with E-state index in [9.17, 15) is 14.9 Å². The number of thiophene rings is 1. The second-order valence-corrected chi connectivity index (χ2v) is 10.6. The molecule has 3 aromatic carbocycles. The Bertz CT molecular complexity index is 1530. The number of nitro benzene ring substituents is 1. The number of nitro groups is 1. The first-order chi connectivity index (χ1) is 17.7. The standard InChI is InChI=1S/C25H18Cl2IN3O5S/c1-2-35-21-9-15(8-20(28)24(21)36-13-14-3-5-18(26)19(27)7-14)12-29-30-25(32)23-11-16-10-17(31(33)34)4-6-22(16)37-23/h3-12H,2,13H2,1H3,(H,30,32)/b29-12-. The first-order valence-electron chi connectivity index (χ1n) is 10.8. The predicted octanol–water partition coefficient (Wildman–Crippen LogP) is 7.46. The third kappa shape index (κ3) is 6.69. The number of rotatable bonds is 9. The molecule has 0 fully saturated rings. The summed E-state index contributed by atoms with van der Waals surface area (Å²) >= 11 is 15.5. The van der Waals surface area contributed by atoms with Gasteiger partial charge in [0.15, 0.2) is 11.5 Å². The van der Waals surface area contributed by atoms with E-state index in [1.165, 1.54) is 29.7 Å². The fourth-order valence-corrected chi connectivity index (χ4v) is 5.36. The topological polar surface area (TPSA) is 103 Å². The second kappa shape index (κ2) is 12.1. The molecule has 0 aliphatic carbocycles. The van der Waals surface area contributed by atoms with Gasteiger partial charge in [0.05, 0.1) is 36.2 Å². The van der Waals surface area contributed by atoms with Gasteiger partial charge in [0, 0.05) is 22.2 Å². The fraction of sp³-hybridized carbons (Fsp3) is 0.120. The van der Waals surface area contributed by atoms with Crippen molar-refractivity contribution in [2.45, 2.75) is 13.5 Å². The number of hydrazone groups is 1. The molecule has 1 amide bonds. The number of non-ortho nitro benzene ring substituents is 1. The van der Waals surface area contributed by atoms with Crippen molar-refractivity contribution in [2.24, 2.45) is 5.10 Å². The highest BCUT2D eigenvalue weighted by Crippen LogP contribution is 2.35. The Morgan fingerprint density at radius 2 is 1.95 bits per heavy atom. The Morgan fingerprint density at radius 1 is 1.14 bits per heavy atom. The molecular weight excluding hydrogens is 652 g/mol. The second-order valence-electron chi connectivity index (χ2n) is 7.59. The average Bonchev–Trinajstić information content (AvgIpc) is 3.29. The number of ether oxygens (including phenoxy) is 2. The van der Waals surface area contributed by atoms with Gasteiger partial charge in [-0.1, -0.05) is 29.3 Å². The number of hydrogen-bond donors (Lipinski definition) is 1. The van der Waals surface area contributed by atoms with Gasteiger partial charge in [0.2, 0.25) is 0 Å². The van der Waals surface area contributed by atoms with Crippen molar-refractivity contribution in [3.63, 3.8) is 0 Å². The van der Waals surface area contributed by atoms with Gasteiger partial charge in [0.1, 0.15) is 6.61 Å². The lowest BCUT2D eigenvalue weighted by Gasteiger charge is -2.15. The maximum Gasteiger partial charge on any atom is 0.281 e. The van der Waals surface area contributed by atoms with Crippen LogP contribution in [0.15, 0.2) is 59.7 Å². The highest BCUT2D eigenvalue weighted by Gasteiger charge is 2.14. The molecule has 0 saturated carbocycles. The summed E-state index contributed by atoms with van der Waals surface area (Å²) in [5.41, 5.74) is 4.02. The number of nitrogens with one attached hydrogen (secondary N) is 1. The molecule has 0 unspecified atom stereocenters. The summed E-state index contributed by atoms with van der Waals surface area (Å²) in [7, 11) is 0. The lowest BCUT2D eigenvalue weighted by Crippen LogP contribution is -2.16. The molecule has 0 atom stereocenters. The smallest absolute Gasteiger partial charge is 0.281 e. The van der Waals surface area contributed by atoms with E-state index in [0.29, 0.717) is 44.0 Å². The van der Waals surface area contributed by atoms with Crippen LogP contribution in [0.1, 0.15) is 27.7 Å². The van der Waals surface area contributed by atoms with Crippen molar-refractivity contribution < 1.29 is 19.2 Å². The first kappa shape index (κ1) is 27.1. The van der Waals surface area contributed by atoms with Gasteiger partial charge >= 0.3 is 0 Å². The Labute approximate surface area is 239 Å². The number of fused-ring (bicyclic) bond motifs is 1. The van der Waals surface area contributed by atoms with Crippen LogP contribution in [0.3, 0.4) is 0 Å². The molecular formula is C25H18Cl2IN3O5S. The number of benzene rings is 3. The Hall–Kier alpha value is -2.93. The van der Waals surface area contributed by atoms with Gasteiger partial charge in [-0.2, -0.15) is 5.10 Å². The lowest BCUT2D eigenvalue weighted by atomic mass is 10.2. The van der Waals surface area contributed by atoms with Crippen LogP contribution in [-0.2, 0) is 6.61 Å². The molecule has 4 aromatic rings. The summed E-state index contributed by atoms with van der Waals surface area (Å²) in [5, 5.41) is 16.6. The number of hydrogen-bond acceptors (Lipinski definition) is 7. The van der Waals surface area contributed by atoms with Crippen LogP contribution < -0.4 is 14.9 Å². The van der Waals surface area contributed by atoms with E-state index in [4.69, 9.17) is 32.7 Å². The van der Waals surface area contributed by atoms with Crippen LogP contribution in [-0.4, -0.2) is 23.7 Å². The van der Waals surface area contributed by atoms with Crippen LogP contribution in [0, 0.1) is 13.7 Å². The lowest BCUT2D eigenvalue weighted by molar-refractivity contribution is -0.384. The average molecular weight is 670 g/mol. The van der Waals surface area contributed by atoms with Crippen molar-refractivity contribution >= 4 is 85.0 Å². The third-order valence-electron chi connectivity index (χ3n) is 5.01. The van der Waals surface area contributed by atoms with E-state index in [1.807, 2.05) is 19.1 Å². The zero-order valence-electron chi connectivity index (χ0n) is 19.2. The first-order valence-corrected chi connectivity index (χ1v) is 13.4. The molecule has 4 rings (SSSR count). The molecule has 8 nitrogen and oxygen atoms in total. The Kier molecular flexibility index (Phi) is 8.85. The molecule has 0 aliphatic heterocycles. The van der Waals surface area contributed by atoms with Crippen LogP contribution in [0.25, 0.3) is 10.1 Å². The Balaban J connectivity index is 1.46. The molecule has 0 bridgehead atoms. The van der Waals surface area contributed by atoms with Crippen molar-refractivity contribution in [1.82, 2.24) is 5.43 Å². The monoisotopic (exact) mass is 669 g/mol. The molecule has 1 heterocycles. The van der Waals surface area contributed by atoms with Crippen molar-refractivity contribution in [2.75, 3.05) is 6.61 Å². The number of amides is 1. The summed E-state index contributed by atoms with van der Waals surface area (Å²) < 4.78 is 13.4. The number of carbonyl (C=O) groups is 1. The summed E-state index contributed by atoms with van der Waals surface area (Å²) in [6.45, 7) is 2.58. The van der Waals surface area contributed by atoms with Gasteiger partial charge in [-0.15, -0.1) is 11.3 Å². The third-order valence-corrected chi connectivity index (χ3v) is 7.67. The molecule has 0 radical (unpaired) electrons. The van der Waals surface area contributed by atoms with E-state index in [2.05, 4.69) is 33.1 Å². The van der Waals surface area contributed by atoms with E-state index >= 15 is 0 Å². The van der Waals surface area contributed by atoms with Crippen LogP contribution in [0.4, 0.5) is 5.69 Å². The van der Waals surface area contributed by atoms with Gasteiger partial charge < -0.3 is 9.47 Å². The van der Waals surface area contributed by atoms with Crippen molar-refractivity contribution in [3.05, 3.63) is 94.3 Å². The number of halogens is 3. The van der Waals surface area contributed by atoms with E-state index in [0.717, 1.165) is 13.8 Å². The fourth-order valence-electron chi connectivity index (χ4n) is 3.33. The molecule has 1 N–H and O–H groups in total. The molecule has 0 saturated heterocycles. The minimum atomic E-state index is -0.470. The molecule has 0 aliphatic rings. The number of carbonyl (C=O) groups excluding carboxylic acids is 1. The summed E-state index contributed by atoms with van der Waals surface area (Å²) in [4.78, 5) is 23.5. The highest BCUT2D eigenvalue weighted by atomic mass is 127. The molecule has 0 spiro atoms. The SMILES string of the molecule is CCOc1cc(/C=N\NC(=O)c2cc3cc([N+](=O)[O-])ccc3s2)cc(I)c1OCc1ccc(Cl)c(Cl)c1. The Morgan fingerprint density at radius 3 is 2.68 bits per heavy atom. The van der Waals surface area contributed by atoms with E-state index in [-0.39, 0.29) is 12.3 Å². The largest absolute Gasteiger partial charge is 0.490 e. The zero-order valence-corrected chi connectivity index (χ0v) is 23.7.